The van der Waals surface area contributed by atoms with Crippen LogP contribution in [-0.4, -0.2) is 69.9 Å². The maximum atomic E-state index is 13.0. The summed E-state index contributed by atoms with van der Waals surface area (Å²) in [6.45, 7) is 10.0. The molecule has 5 heteroatoms. The van der Waals surface area contributed by atoms with Crippen LogP contribution in [0.15, 0.2) is 54.7 Å². The Morgan fingerprint density at radius 2 is 1.85 bits per heavy atom. The maximum Gasteiger partial charge on any atom is 0.253 e. The van der Waals surface area contributed by atoms with E-state index in [0.29, 0.717) is 6.04 Å². The number of hydrogen-bond donors (Lipinski definition) is 0. The molecule has 0 N–H and O–H groups in total. The predicted octanol–water partition coefficient (Wildman–Crippen LogP) is 2.50. The van der Waals surface area contributed by atoms with Gasteiger partial charge in [-0.2, -0.15) is 0 Å². The van der Waals surface area contributed by atoms with Gasteiger partial charge in [-0.25, -0.2) is 0 Å². The molecule has 2 aliphatic rings. The van der Waals surface area contributed by atoms with E-state index in [1.54, 1.807) is 0 Å². The molecule has 0 aliphatic carbocycles. The van der Waals surface area contributed by atoms with Crippen molar-refractivity contribution in [3.63, 3.8) is 0 Å². The molecular formula is C22H28N4O. The molecule has 142 valence electrons. The number of amides is 1. The lowest BCUT2D eigenvalue weighted by Gasteiger charge is -2.55. The molecule has 5 nitrogen and oxygen atoms in total. The highest BCUT2D eigenvalue weighted by Gasteiger charge is 2.43. The summed E-state index contributed by atoms with van der Waals surface area (Å²) in [5, 5.41) is 0. The minimum Gasteiger partial charge on any atom is -0.335 e. The van der Waals surface area contributed by atoms with Crippen LogP contribution < -0.4 is 0 Å². The molecule has 0 saturated carbocycles. The molecule has 1 amide bonds. The van der Waals surface area contributed by atoms with Crippen molar-refractivity contribution in [2.24, 2.45) is 0 Å². The lowest BCUT2D eigenvalue weighted by molar-refractivity contribution is -0.0579. The van der Waals surface area contributed by atoms with Crippen LogP contribution in [-0.2, 0) is 6.54 Å². The van der Waals surface area contributed by atoms with Gasteiger partial charge in [0.1, 0.15) is 0 Å². The molecule has 2 saturated heterocycles. The average molecular weight is 364 g/mol. The summed E-state index contributed by atoms with van der Waals surface area (Å²) in [6, 6.07) is 16.1. The second-order valence-electron chi connectivity index (χ2n) is 8.27. The molecule has 1 atom stereocenters. The molecule has 1 aromatic heterocycles. The number of fused-ring (bicyclic) bond motifs is 1. The number of rotatable bonds is 3. The van der Waals surface area contributed by atoms with Gasteiger partial charge in [-0.3, -0.25) is 19.6 Å². The number of benzene rings is 1. The molecule has 2 fully saturated rings. The first kappa shape index (κ1) is 18.1. The zero-order valence-electron chi connectivity index (χ0n) is 16.2. The maximum absolute atomic E-state index is 13.0. The van der Waals surface area contributed by atoms with Gasteiger partial charge in [-0.05, 0) is 38.1 Å². The van der Waals surface area contributed by atoms with Crippen LogP contribution in [0.25, 0.3) is 0 Å². The first-order valence-electron chi connectivity index (χ1n) is 9.76. The van der Waals surface area contributed by atoms with Crippen LogP contribution in [0, 0.1) is 0 Å². The third-order valence-corrected chi connectivity index (χ3v) is 5.77. The minimum absolute atomic E-state index is 0.00948. The summed E-state index contributed by atoms with van der Waals surface area (Å²) in [4.78, 5) is 24.6. The molecule has 27 heavy (non-hydrogen) atoms. The number of hydrogen-bond acceptors (Lipinski definition) is 4. The van der Waals surface area contributed by atoms with Crippen molar-refractivity contribution < 1.29 is 4.79 Å². The summed E-state index contributed by atoms with van der Waals surface area (Å²) in [6.07, 6.45) is 1.86. The summed E-state index contributed by atoms with van der Waals surface area (Å²) in [5.74, 6) is 0.144. The number of carbonyl (C=O) groups is 1. The highest BCUT2D eigenvalue weighted by atomic mass is 16.2. The van der Waals surface area contributed by atoms with Crippen LogP contribution in [0.1, 0.15) is 29.9 Å². The second kappa shape index (κ2) is 7.41. The normalized spacial score (nSPS) is 23.0. The van der Waals surface area contributed by atoms with E-state index in [-0.39, 0.29) is 11.4 Å². The third-order valence-electron chi connectivity index (χ3n) is 5.77. The molecule has 0 radical (unpaired) electrons. The molecule has 0 bridgehead atoms. The largest absolute Gasteiger partial charge is 0.335 e. The highest BCUT2D eigenvalue weighted by Crippen LogP contribution is 2.29. The molecule has 1 aromatic carbocycles. The number of nitrogens with zero attached hydrogens (tertiary/aromatic N) is 4. The van der Waals surface area contributed by atoms with Gasteiger partial charge in [-0.15, -0.1) is 0 Å². The Balaban J connectivity index is 1.48. The van der Waals surface area contributed by atoms with E-state index in [4.69, 9.17) is 0 Å². The van der Waals surface area contributed by atoms with Crippen molar-refractivity contribution in [1.82, 2.24) is 19.7 Å². The topological polar surface area (TPSA) is 39.7 Å². The highest BCUT2D eigenvalue weighted by molar-refractivity contribution is 5.94. The quantitative estimate of drug-likeness (QED) is 0.839. The smallest absolute Gasteiger partial charge is 0.253 e. The van der Waals surface area contributed by atoms with Gasteiger partial charge in [0.2, 0.25) is 0 Å². The van der Waals surface area contributed by atoms with Crippen LogP contribution in [0.5, 0.6) is 0 Å². The lowest BCUT2D eigenvalue weighted by Crippen LogP contribution is -2.70. The number of piperazine rings is 2. The van der Waals surface area contributed by atoms with Gasteiger partial charge < -0.3 is 4.90 Å². The summed E-state index contributed by atoms with van der Waals surface area (Å²) in [5.41, 5.74) is 1.88. The van der Waals surface area contributed by atoms with Gasteiger partial charge in [0.25, 0.3) is 5.91 Å². The Hall–Kier alpha value is -2.24. The van der Waals surface area contributed by atoms with E-state index < -0.39 is 0 Å². The Bertz CT molecular complexity index is 777. The lowest BCUT2D eigenvalue weighted by atomic mass is 9.92. The Morgan fingerprint density at radius 3 is 2.59 bits per heavy atom. The van der Waals surface area contributed by atoms with E-state index in [0.717, 1.165) is 50.5 Å². The first-order valence-corrected chi connectivity index (χ1v) is 9.76. The van der Waals surface area contributed by atoms with Crippen LogP contribution in [0.2, 0.25) is 0 Å². The fraction of sp³-hybridized carbons (Fsp3) is 0.455. The summed E-state index contributed by atoms with van der Waals surface area (Å²) < 4.78 is 0. The fourth-order valence-electron chi connectivity index (χ4n) is 4.53. The Kier molecular flexibility index (Phi) is 4.98. The van der Waals surface area contributed by atoms with E-state index in [9.17, 15) is 4.79 Å². The third kappa shape index (κ3) is 3.89. The summed E-state index contributed by atoms with van der Waals surface area (Å²) in [7, 11) is 0. The second-order valence-corrected chi connectivity index (χ2v) is 8.27. The zero-order chi connectivity index (χ0) is 18.9. The zero-order valence-corrected chi connectivity index (χ0v) is 16.2. The van der Waals surface area contributed by atoms with Crippen molar-refractivity contribution in [3.8, 4) is 0 Å². The van der Waals surface area contributed by atoms with Crippen molar-refractivity contribution in [3.05, 3.63) is 66.0 Å². The van der Waals surface area contributed by atoms with E-state index in [1.807, 2.05) is 53.6 Å². The van der Waals surface area contributed by atoms with Gasteiger partial charge in [0.05, 0.1) is 5.69 Å². The standard InChI is InChI=1S/C22H28N4O/c1-22(2)17-25(21(27)18-8-4-3-5-9-18)16-20-15-24(12-13-26(20)22)14-19-10-6-7-11-23-19/h3-11,20H,12-17H2,1-2H3/t20-/m0/s1. The number of carbonyl (C=O) groups excluding carboxylic acids is 1. The molecule has 3 heterocycles. The van der Waals surface area contributed by atoms with Crippen molar-refractivity contribution in [1.29, 1.82) is 0 Å². The van der Waals surface area contributed by atoms with E-state index in [2.05, 4.69) is 34.7 Å². The van der Waals surface area contributed by atoms with Crippen molar-refractivity contribution in [2.45, 2.75) is 32.0 Å². The average Bonchev–Trinajstić information content (AvgIpc) is 2.68. The molecule has 4 rings (SSSR count). The SMILES string of the molecule is CC1(C)CN(C(=O)c2ccccc2)C[C@@H]2CN(Cc3ccccn3)CCN21. The number of aromatic nitrogens is 1. The molecule has 2 aromatic rings. The van der Waals surface area contributed by atoms with Gasteiger partial charge in [-0.1, -0.05) is 24.3 Å². The molecular weight excluding hydrogens is 336 g/mol. The Morgan fingerprint density at radius 1 is 1.07 bits per heavy atom. The first-order chi connectivity index (χ1) is 13.0. The van der Waals surface area contributed by atoms with Gasteiger partial charge in [0.15, 0.2) is 0 Å². The van der Waals surface area contributed by atoms with Crippen LogP contribution in [0.4, 0.5) is 0 Å². The van der Waals surface area contributed by atoms with Gasteiger partial charge >= 0.3 is 0 Å². The van der Waals surface area contributed by atoms with E-state index >= 15 is 0 Å². The van der Waals surface area contributed by atoms with E-state index in [1.165, 1.54) is 0 Å². The number of pyridine rings is 1. The molecule has 0 unspecified atom stereocenters. The molecule has 0 spiro atoms. The van der Waals surface area contributed by atoms with Crippen LogP contribution in [0.3, 0.4) is 0 Å². The summed E-state index contributed by atoms with van der Waals surface area (Å²) >= 11 is 0. The molecule has 2 aliphatic heterocycles. The minimum atomic E-state index is -0.00948. The van der Waals surface area contributed by atoms with Crippen molar-refractivity contribution >= 4 is 5.91 Å². The monoisotopic (exact) mass is 364 g/mol. The van der Waals surface area contributed by atoms with Gasteiger partial charge in [0, 0.05) is 62.6 Å². The fourth-order valence-corrected chi connectivity index (χ4v) is 4.53. The van der Waals surface area contributed by atoms with Crippen LogP contribution >= 0.6 is 0 Å². The van der Waals surface area contributed by atoms with Crippen molar-refractivity contribution in [2.75, 3.05) is 32.7 Å². The Labute approximate surface area is 161 Å². The predicted molar refractivity (Wildman–Crippen MR) is 106 cm³/mol.